The van der Waals surface area contributed by atoms with E-state index in [-0.39, 0.29) is 24.1 Å². The van der Waals surface area contributed by atoms with Gasteiger partial charge in [-0.05, 0) is 54.8 Å². The number of rotatable bonds is 4. The summed E-state index contributed by atoms with van der Waals surface area (Å²) in [6, 6.07) is 12.4. The number of pyridine rings is 1. The summed E-state index contributed by atoms with van der Waals surface area (Å²) < 4.78 is 44.8. The molecule has 0 radical (unpaired) electrons. The number of morpholine rings is 1. The Morgan fingerprint density at radius 1 is 1.22 bits per heavy atom. The first-order chi connectivity index (χ1) is 17.2. The number of aliphatic hydroxyl groups is 1. The Morgan fingerprint density at radius 3 is 2.83 bits per heavy atom. The number of alkyl halides is 3. The Balaban J connectivity index is 1.43. The highest BCUT2D eigenvalue weighted by molar-refractivity contribution is 6.04. The maximum absolute atomic E-state index is 13.0. The van der Waals surface area contributed by atoms with Gasteiger partial charge in [0.25, 0.3) is 5.91 Å². The lowest BCUT2D eigenvalue weighted by molar-refractivity contribution is -0.137. The first kappa shape index (κ1) is 24.3. The fourth-order valence-electron chi connectivity index (χ4n) is 5.02. The highest BCUT2D eigenvalue weighted by Gasteiger charge is 2.36. The van der Waals surface area contributed by atoms with Crippen LogP contribution in [0.4, 0.5) is 24.5 Å². The number of benzene rings is 2. The summed E-state index contributed by atoms with van der Waals surface area (Å²) in [5.41, 5.74) is 4.18. The number of carbonyl (C=O) groups is 1. The second-order valence-corrected chi connectivity index (χ2v) is 9.22. The molecule has 188 valence electrons. The number of amides is 1. The Bertz CT molecular complexity index is 1290. The fourth-order valence-corrected chi connectivity index (χ4v) is 5.02. The van der Waals surface area contributed by atoms with Crippen LogP contribution in [0.3, 0.4) is 0 Å². The zero-order valence-electron chi connectivity index (χ0n) is 19.7. The van der Waals surface area contributed by atoms with E-state index in [9.17, 15) is 23.1 Å². The van der Waals surface area contributed by atoms with E-state index in [1.807, 2.05) is 13.0 Å². The third-order valence-corrected chi connectivity index (χ3v) is 6.93. The van der Waals surface area contributed by atoms with E-state index in [0.29, 0.717) is 18.9 Å². The van der Waals surface area contributed by atoms with E-state index in [2.05, 4.69) is 27.3 Å². The molecule has 0 saturated carbocycles. The number of aliphatic hydroxyl groups excluding tert-OH is 1. The molecule has 1 aromatic heterocycles. The summed E-state index contributed by atoms with van der Waals surface area (Å²) in [4.78, 5) is 19.4. The Kier molecular flexibility index (Phi) is 6.44. The van der Waals surface area contributed by atoms with Crippen molar-refractivity contribution in [1.82, 2.24) is 4.98 Å². The first-order valence-electron chi connectivity index (χ1n) is 11.8. The minimum absolute atomic E-state index is 0.0856. The quantitative estimate of drug-likeness (QED) is 0.547. The second kappa shape index (κ2) is 9.55. The SMILES string of the molecule is Cc1ncc(NC(=O)c2cccc(C(F)(F)F)c2)cc1-c1ccc2c(c1)N1CCOCC1C(CO)C2. The molecule has 2 atom stereocenters. The van der Waals surface area contributed by atoms with Gasteiger partial charge in [-0.2, -0.15) is 13.2 Å². The van der Waals surface area contributed by atoms with Crippen LogP contribution in [0, 0.1) is 12.8 Å². The number of hydrogen-bond acceptors (Lipinski definition) is 5. The molecule has 0 aliphatic carbocycles. The van der Waals surface area contributed by atoms with Gasteiger partial charge in [-0.3, -0.25) is 9.78 Å². The van der Waals surface area contributed by atoms with Gasteiger partial charge in [0.05, 0.1) is 36.7 Å². The Morgan fingerprint density at radius 2 is 2.06 bits per heavy atom. The predicted octanol–water partition coefficient (Wildman–Crippen LogP) is 4.70. The molecule has 3 heterocycles. The average Bonchev–Trinajstić information content (AvgIpc) is 2.88. The third-order valence-electron chi connectivity index (χ3n) is 6.93. The van der Waals surface area contributed by atoms with Gasteiger partial charge in [-0.15, -0.1) is 0 Å². The standard InChI is InChI=1S/C27H26F3N3O3/c1-16-23(12-22(13-31-16)32-26(35)19-3-2-4-21(10-19)27(28,29)30)17-5-6-18-9-20(14-34)25-15-36-8-7-33(25)24(18)11-17/h2-6,10-13,20,25,34H,7-9,14-15H2,1H3,(H,32,35). The number of hydrogen-bond donors (Lipinski definition) is 2. The minimum Gasteiger partial charge on any atom is -0.396 e. The lowest BCUT2D eigenvalue weighted by Crippen LogP contribution is -2.53. The van der Waals surface area contributed by atoms with Gasteiger partial charge in [0, 0.05) is 41.6 Å². The molecule has 2 aliphatic heterocycles. The molecule has 0 bridgehead atoms. The predicted molar refractivity (Wildman–Crippen MR) is 130 cm³/mol. The second-order valence-electron chi connectivity index (χ2n) is 9.22. The number of aromatic nitrogens is 1. The smallest absolute Gasteiger partial charge is 0.396 e. The molecule has 2 aromatic carbocycles. The zero-order valence-corrected chi connectivity index (χ0v) is 19.7. The molecule has 1 fully saturated rings. The fraction of sp³-hybridized carbons (Fsp3) is 0.333. The molecular formula is C27H26F3N3O3. The number of nitrogens with zero attached hydrogens (tertiary/aromatic N) is 2. The number of aryl methyl sites for hydroxylation is 1. The third kappa shape index (κ3) is 4.68. The summed E-state index contributed by atoms with van der Waals surface area (Å²) in [5, 5.41) is 12.6. The zero-order chi connectivity index (χ0) is 25.4. The summed E-state index contributed by atoms with van der Waals surface area (Å²) in [7, 11) is 0. The molecule has 1 saturated heterocycles. The van der Waals surface area contributed by atoms with E-state index in [4.69, 9.17) is 4.74 Å². The van der Waals surface area contributed by atoms with Gasteiger partial charge in [-0.25, -0.2) is 0 Å². The summed E-state index contributed by atoms with van der Waals surface area (Å²) >= 11 is 0. The van der Waals surface area contributed by atoms with Crippen molar-refractivity contribution >= 4 is 17.3 Å². The van der Waals surface area contributed by atoms with Gasteiger partial charge in [-0.1, -0.05) is 18.2 Å². The summed E-state index contributed by atoms with van der Waals surface area (Å²) in [5.74, 6) is -0.532. The molecule has 5 rings (SSSR count). The van der Waals surface area contributed by atoms with E-state index < -0.39 is 17.6 Å². The molecule has 9 heteroatoms. The van der Waals surface area contributed by atoms with Crippen molar-refractivity contribution < 1.29 is 27.8 Å². The molecular weight excluding hydrogens is 471 g/mol. The van der Waals surface area contributed by atoms with Crippen LogP contribution >= 0.6 is 0 Å². The largest absolute Gasteiger partial charge is 0.416 e. The lowest BCUT2D eigenvalue weighted by Gasteiger charge is -2.46. The molecule has 2 aliphatic rings. The van der Waals surface area contributed by atoms with Gasteiger partial charge >= 0.3 is 6.18 Å². The highest BCUT2D eigenvalue weighted by Crippen LogP contribution is 2.39. The van der Waals surface area contributed by atoms with Crippen molar-refractivity contribution in [3.05, 3.63) is 77.1 Å². The van der Waals surface area contributed by atoms with Crippen molar-refractivity contribution in [2.24, 2.45) is 5.92 Å². The van der Waals surface area contributed by atoms with Crippen LogP contribution in [-0.2, 0) is 17.3 Å². The van der Waals surface area contributed by atoms with E-state index in [1.54, 1.807) is 6.07 Å². The molecule has 6 nitrogen and oxygen atoms in total. The molecule has 3 aromatic rings. The van der Waals surface area contributed by atoms with Crippen molar-refractivity contribution in [2.75, 3.05) is 36.6 Å². The highest BCUT2D eigenvalue weighted by atomic mass is 19.4. The van der Waals surface area contributed by atoms with Crippen molar-refractivity contribution in [1.29, 1.82) is 0 Å². The minimum atomic E-state index is -4.53. The topological polar surface area (TPSA) is 74.7 Å². The average molecular weight is 498 g/mol. The van der Waals surface area contributed by atoms with Crippen LogP contribution in [0.2, 0.25) is 0 Å². The molecule has 36 heavy (non-hydrogen) atoms. The van der Waals surface area contributed by atoms with Crippen LogP contribution in [0.5, 0.6) is 0 Å². The van der Waals surface area contributed by atoms with Crippen molar-refractivity contribution in [3.63, 3.8) is 0 Å². The number of nitrogens with one attached hydrogen (secondary N) is 1. The van der Waals surface area contributed by atoms with E-state index in [1.165, 1.54) is 18.3 Å². The van der Waals surface area contributed by atoms with Gasteiger partial charge in [0.15, 0.2) is 0 Å². The number of anilines is 2. The Labute approximate surface area is 206 Å². The van der Waals surface area contributed by atoms with E-state index >= 15 is 0 Å². The maximum Gasteiger partial charge on any atom is 0.416 e. The molecule has 0 spiro atoms. The molecule has 2 N–H and O–H groups in total. The number of halogens is 3. The Hall–Kier alpha value is -3.43. The van der Waals surface area contributed by atoms with Crippen LogP contribution in [-0.4, -0.2) is 48.4 Å². The van der Waals surface area contributed by atoms with Crippen LogP contribution in [0.15, 0.2) is 54.7 Å². The molecule has 1 amide bonds. The lowest BCUT2D eigenvalue weighted by atomic mass is 9.84. The monoisotopic (exact) mass is 497 g/mol. The van der Waals surface area contributed by atoms with Crippen LogP contribution in [0.25, 0.3) is 11.1 Å². The molecule has 2 unspecified atom stereocenters. The number of carbonyl (C=O) groups excluding carboxylic acids is 1. The van der Waals surface area contributed by atoms with E-state index in [0.717, 1.165) is 53.2 Å². The van der Waals surface area contributed by atoms with Crippen molar-refractivity contribution in [2.45, 2.75) is 25.6 Å². The van der Waals surface area contributed by atoms with Crippen LogP contribution in [0.1, 0.15) is 27.2 Å². The summed E-state index contributed by atoms with van der Waals surface area (Å²) in [6.07, 6.45) is -2.27. The van der Waals surface area contributed by atoms with Crippen LogP contribution < -0.4 is 10.2 Å². The van der Waals surface area contributed by atoms with Gasteiger partial charge in [0.2, 0.25) is 0 Å². The summed E-state index contributed by atoms with van der Waals surface area (Å²) in [6.45, 7) is 3.90. The van der Waals surface area contributed by atoms with Gasteiger partial charge < -0.3 is 20.1 Å². The number of ether oxygens (including phenoxy) is 1. The number of fused-ring (bicyclic) bond motifs is 3. The first-order valence-corrected chi connectivity index (χ1v) is 11.8. The normalized spacial score (nSPS) is 19.4. The van der Waals surface area contributed by atoms with Crippen molar-refractivity contribution in [3.8, 4) is 11.1 Å². The van der Waals surface area contributed by atoms with Gasteiger partial charge in [0.1, 0.15) is 0 Å². The maximum atomic E-state index is 13.0.